The lowest BCUT2D eigenvalue weighted by Crippen LogP contribution is -2.51. The third-order valence-corrected chi connectivity index (χ3v) is 7.21. The Labute approximate surface area is 179 Å². The van der Waals surface area contributed by atoms with Gasteiger partial charge in [-0.2, -0.15) is 4.31 Å². The van der Waals surface area contributed by atoms with Gasteiger partial charge in [-0.05, 0) is 36.8 Å². The maximum Gasteiger partial charge on any atom is 0.321 e. The number of phenols is 1. The number of nitrogens with zero attached hydrogens (tertiary/aromatic N) is 2. The van der Waals surface area contributed by atoms with Gasteiger partial charge < -0.3 is 15.3 Å². The van der Waals surface area contributed by atoms with Gasteiger partial charge in [0, 0.05) is 37.4 Å². The fourth-order valence-electron chi connectivity index (χ4n) is 3.10. The van der Waals surface area contributed by atoms with E-state index in [1.807, 2.05) is 0 Å². The Kier molecular flexibility index (Phi) is 6.58. The van der Waals surface area contributed by atoms with Crippen molar-refractivity contribution < 1.29 is 18.3 Å². The third-order valence-electron chi connectivity index (χ3n) is 4.73. The van der Waals surface area contributed by atoms with Crippen LogP contribution in [0.2, 0.25) is 10.0 Å². The molecule has 1 aliphatic rings. The molecule has 156 valence electrons. The topological polar surface area (TPSA) is 90.0 Å². The van der Waals surface area contributed by atoms with E-state index in [4.69, 9.17) is 23.2 Å². The van der Waals surface area contributed by atoms with Gasteiger partial charge in [0.2, 0.25) is 10.0 Å². The zero-order valence-electron chi connectivity index (χ0n) is 15.7. The smallest absolute Gasteiger partial charge is 0.321 e. The summed E-state index contributed by atoms with van der Waals surface area (Å²) in [5, 5.41) is 12.9. The molecule has 1 heterocycles. The molecule has 2 amide bonds. The molecule has 0 spiro atoms. The quantitative estimate of drug-likeness (QED) is 0.728. The van der Waals surface area contributed by atoms with Crippen LogP contribution < -0.4 is 5.32 Å². The summed E-state index contributed by atoms with van der Waals surface area (Å²) in [6, 6.07) is 9.33. The summed E-state index contributed by atoms with van der Waals surface area (Å²) in [5.74, 6) is 0.181. The molecule has 7 nitrogen and oxygen atoms in total. The van der Waals surface area contributed by atoms with E-state index in [2.05, 4.69) is 5.32 Å². The number of benzene rings is 2. The number of carbonyl (C=O) groups excluding carboxylic acids is 1. The fraction of sp³-hybridized carbons (Fsp3) is 0.316. The minimum atomic E-state index is -3.25. The van der Waals surface area contributed by atoms with Crippen molar-refractivity contribution in [2.45, 2.75) is 6.92 Å². The first-order valence-electron chi connectivity index (χ1n) is 9.03. The minimum absolute atomic E-state index is 0.0452. The molecule has 0 saturated carbocycles. The summed E-state index contributed by atoms with van der Waals surface area (Å²) < 4.78 is 25.3. The van der Waals surface area contributed by atoms with Crippen molar-refractivity contribution in [1.29, 1.82) is 0 Å². The fourth-order valence-corrected chi connectivity index (χ4v) is 4.89. The molecule has 1 fully saturated rings. The van der Waals surface area contributed by atoms with Gasteiger partial charge in [-0.1, -0.05) is 35.3 Å². The first kappa shape index (κ1) is 21.7. The van der Waals surface area contributed by atoms with Crippen molar-refractivity contribution in [3.05, 3.63) is 46.4 Å². The number of amides is 2. The lowest BCUT2D eigenvalue weighted by Gasteiger charge is -2.33. The summed E-state index contributed by atoms with van der Waals surface area (Å²) in [7, 11) is -3.25. The molecule has 1 aliphatic heterocycles. The van der Waals surface area contributed by atoms with Gasteiger partial charge in [0.25, 0.3) is 0 Å². The van der Waals surface area contributed by atoms with E-state index >= 15 is 0 Å². The number of aromatic hydroxyl groups is 1. The third kappa shape index (κ3) is 4.95. The largest absolute Gasteiger partial charge is 0.508 e. The molecular formula is C19H21Cl2N3O4S. The first-order chi connectivity index (χ1) is 13.7. The van der Waals surface area contributed by atoms with Crippen LogP contribution in [0.4, 0.5) is 10.5 Å². The van der Waals surface area contributed by atoms with E-state index in [1.165, 1.54) is 16.4 Å². The van der Waals surface area contributed by atoms with E-state index in [9.17, 15) is 18.3 Å². The van der Waals surface area contributed by atoms with Gasteiger partial charge in [0.15, 0.2) is 0 Å². The number of halogens is 2. The Bertz CT molecular complexity index is 982. The predicted molar refractivity (Wildman–Crippen MR) is 115 cm³/mol. The molecule has 2 aromatic carbocycles. The number of carbonyl (C=O) groups is 1. The Morgan fingerprint density at radius 1 is 1.07 bits per heavy atom. The van der Waals surface area contributed by atoms with Crippen LogP contribution >= 0.6 is 23.2 Å². The number of rotatable bonds is 4. The van der Waals surface area contributed by atoms with Gasteiger partial charge in [0.1, 0.15) is 5.75 Å². The molecule has 0 atom stereocenters. The summed E-state index contributed by atoms with van der Waals surface area (Å²) in [5.41, 5.74) is 1.78. The number of phenolic OH excluding ortho intramolecular Hbond substituents is 1. The van der Waals surface area contributed by atoms with Gasteiger partial charge in [0.05, 0.1) is 15.8 Å². The molecule has 0 aliphatic carbocycles. The van der Waals surface area contributed by atoms with Crippen LogP contribution in [0, 0.1) is 0 Å². The van der Waals surface area contributed by atoms with Crippen molar-refractivity contribution in [2.75, 3.05) is 37.2 Å². The number of hydrogen-bond acceptors (Lipinski definition) is 4. The lowest BCUT2D eigenvalue weighted by atomic mass is 10.0. The number of hydrogen-bond donors (Lipinski definition) is 2. The minimum Gasteiger partial charge on any atom is -0.508 e. The normalized spacial score (nSPS) is 15.3. The Morgan fingerprint density at radius 3 is 2.14 bits per heavy atom. The number of sulfonamides is 1. The molecule has 2 aromatic rings. The van der Waals surface area contributed by atoms with Crippen LogP contribution in [-0.2, 0) is 10.0 Å². The Balaban J connectivity index is 1.69. The number of piperazine rings is 1. The van der Waals surface area contributed by atoms with Crippen LogP contribution in [-0.4, -0.2) is 60.7 Å². The zero-order chi connectivity index (χ0) is 21.2. The summed E-state index contributed by atoms with van der Waals surface area (Å²) in [4.78, 5) is 14.1. The van der Waals surface area contributed by atoms with E-state index in [-0.39, 0.29) is 30.6 Å². The molecule has 0 radical (unpaired) electrons. The Morgan fingerprint density at radius 2 is 1.62 bits per heavy atom. The standard InChI is InChI=1S/C19H21Cl2N3O4S/c1-2-29(27,28)24-9-7-23(8-10-24)19(26)22-14-11-16(20)18(17(21)12-14)13-3-5-15(25)6-4-13/h3-6,11-12,25H,2,7-10H2,1H3,(H,22,26). The SMILES string of the molecule is CCS(=O)(=O)N1CCN(C(=O)Nc2cc(Cl)c(-c3ccc(O)cc3)c(Cl)c2)CC1. The van der Waals surface area contributed by atoms with Crippen LogP contribution in [0.3, 0.4) is 0 Å². The highest BCUT2D eigenvalue weighted by atomic mass is 35.5. The number of anilines is 1. The molecule has 2 N–H and O–H groups in total. The van der Waals surface area contributed by atoms with Crippen molar-refractivity contribution in [1.82, 2.24) is 9.21 Å². The maximum atomic E-state index is 12.5. The van der Waals surface area contributed by atoms with Crippen LogP contribution in [0.5, 0.6) is 5.75 Å². The molecule has 0 unspecified atom stereocenters. The monoisotopic (exact) mass is 457 g/mol. The first-order valence-corrected chi connectivity index (χ1v) is 11.4. The lowest BCUT2D eigenvalue weighted by molar-refractivity contribution is 0.184. The van der Waals surface area contributed by atoms with Crippen molar-refractivity contribution in [3.63, 3.8) is 0 Å². The molecule has 0 bridgehead atoms. The molecule has 0 aromatic heterocycles. The van der Waals surface area contributed by atoms with Crippen molar-refractivity contribution in [3.8, 4) is 16.9 Å². The van der Waals surface area contributed by atoms with Crippen LogP contribution in [0.25, 0.3) is 11.1 Å². The Hall–Kier alpha value is -2.00. The predicted octanol–water partition coefficient (Wildman–Crippen LogP) is 3.87. The summed E-state index contributed by atoms with van der Waals surface area (Å²) >= 11 is 12.8. The zero-order valence-corrected chi connectivity index (χ0v) is 18.1. The molecule has 29 heavy (non-hydrogen) atoms. The highest BCUT2D eigenvalue weighted by molar-refractivity contribution is 7.89. The number of urea groups is 1. The van der Waals surface area contributed by atoms with Gasteiger partial charge in [-0.25, -0.2) is 13.2 Å². The second kappa shape index (κ2) is 8.79. The van der Waals surface area contributed by atoms with E-state index in [1.54, 1.807) is 36.1 Å². The summed E-state index contributed by atoms with van der Waals surface area (Å²) in [6.45, 7) is 2.75. The molecule has 3 rings (SSSR count). The van der Waals surface area contributed by atoms with Gasteiger partial charge >= 0.3 is 6.03 Å². The molecule has 10 heteroatoms. The highest BCUT2D eigenvalue weighted by Gasteiger charge is 2.27. The molecular weight excluding hydrogens is 437 g/mol. The second-order valence-corrected chi connectivity index (χ2v) is 9.65. The number of nitrogens with one attached hydrogen (secondary N) is 1. The molecule has 1 saturated heterocycles. The average molecular weight is 458 g/mol. The van der Waals surface area contributed by atoms with Gasteiger partial charge in [-0.15, -0.1) is 0 Å². The van der Waals surface area contributed by atoms with Crippen LogP contribution in [0.1, 0.15) is 6.92 Å². The van der Waals surface area contributed by atoms with E-state index < -0.39 is 10.0 Å². The van der Waals surface area contributed by atoms with E-state index in [0.29, 0.717) is 34.4 Å². The van der Waals surface area contributed by atoms with Crippen LogP contribution in [0.15, 0.2) is 36.4 Å². The average Bonchev–Trinajstić information content (AvgIpc) is 2.69. The van der Waals surface area contributed by atoms with Crippen molar-refractivity contribution in [2.24, 2.45) is 0 Å². The maximum absolute atomic E-state index is 12.5. The van der Waals surface area contributed by atoms with Crippen molar-refractivity contribution >= 4 is 44.9 Å². The second-order valence-electron chi connectivity index (χ2n) is 6.58. The van der Waals surface area contributed by atoms with Gasteiger partial charge in [-0.3, -0.25) is 0 Å². The summed E-state index contributed by atoms with van der Waals surface area (Å²) in [6.07, 6.45) is 0. The highest BCUT2D eigenvalue weighted by Crippen LogP contribution is 2.37. The van der Waals surface area contributed by atoms with E-state index in [0.717, 1.165) is 5.56 Å².